The van der Waals surface area contributed by atoms with Crippen LogP contribution in [-0.4, -0.2) is 27.4 Å². The van der Waals surface area contributed by atoms with Gasteiger partial charge in [0.1, 0.15) is 6.04 Å². The Morgan fingerprint density at radius 1 is 1.60 bits per heavy atom. The zero-order valence-corrected chi connectivity index (χ0v) is 8.89. The second-order valence-corrected chi connectivity index (χ2v) is 3.51. The molecule has 0 aliphatic carbocycles. The van der Waals surface area contributed by atoms with E-state index in [2.05, 4.69) is 10.3 Å². The van der Waals surface area contributed by atoms with Gasteiger partial charge in [0.2, 0.25) is 5.91 Å². The smallest absolute Gasteiger partial charge is 0.242 e. The quantitative estimate of drug-likeness (QED) is 0.625. The Bertz CT molecular complexity index is 322. The van der Waals surface area contributed by atoms with Crippen LogP contribution >= 0.6 is 0 Å². The monoisotopic (exact) mass is 211 g/mol. The van der Waals surface area contributed by atoms with E-state index in [1.54, 1.807) is 13.1 Å². The number of unbranched alkanes of at least 4 members (excludes halogenated alkanes) is 1. The van der Waals surface area contributed by atoms with Gasteiger partial charge in [0.25, 0.3) is 0 Å². The Kier molecular flexibility index (Phi) is 4.23. The third-order valence-corrected chi connectivity index (χ3v) is 2.25. The molecule has 0 spiro atoms. The molecule has 6 heteroatoms. The molecule has 15 heavy (non-hydrogen) atoms. The predicted octanol–water partition coefficient (Wildman–Crippen LogP) is -0.394. The van der Waals surface area contributed by atoms with Crippen LogP contribution in [0, 0.1) is 0 Å². The lowest BCUT2D eigenvalue weighted by molar-refractivity contribution is -0.120. The number of carbonyl (C=O) groups excluding carboxylic acids is 1. The lowest BCUT2D eigenvalue weighted by Crippen LogP contribution is -2.24. The fraction of sp³-hybridized carbons (Fsp3) is 0.667. The van der Waals surface area contributed by atoms with Gasteiger partial charge in [0.15, 0.2) is 0 Å². The summed E-state index contributed by atoms with van der Waals surface area (Å²) in [6.07, 6.45) is 4.55. The minimum absolute atomic E-state index is 0.409. The number of primary amides is 1. The van der Waals surface area contributed by atoms with Crippen LogP contribution in [0.15, 0.2) is 6.20 Å². The van der Waals surface area contributed by atoms with Crippen molar-refractivity contribution in [2.45, 2.75) is 32.2 Å². The van der Waals surface area contributed by atoms with E-state index in [0.717, 1.165) is 25.0 Å². The summed E-state index contributed by atoms with van der Waals surface area (Å²) in [5.74, 6) is -0.409. The van der Waals surface area contributed by atoms with Crippen molar-refractivity contribution in [2.75, 3.05) is 6.54 Å². The van der Waals surface area contributed by atoms with Crippen molar-refractivity contribution in [3.8, 4) is 0 Å². The zero-order valence-electron chi connectivity index (χ0n) is 8.89. The van der Waals surface area contributed by atoms with Crippen LogP contribution in [0.5, 0.6) is 0 Å². The summed E-state index contributed by atoms with van der Waals surface area (Å²) in [7, 11) is 0. The summed E-state index contributed by atoms with van der Waals surface area (Å²) in [6.45, 7) is 2.38. The third-order valence-electron chi connectivity index (χ3n) is 2.25. The maximum absolute atomic E-state index is 10.9. The Balaban J connectivity index is 2.52. The second kappa shape index (κ2) is 5.45. The number of aryl methyl sites for hydroxylation is 1. The average molecular weight is 211 g/mol. The molecule has 1 rings (SSSR count). The van der Waals surface area contributed by atoms with Crippen LogP contribution in [0.2, 0.25) is 0 Å². The highest BCUT2D eigenvalue weighted by molar-refractivity contribution is 5.77. The second-order valence-electron chi connectivity index (χ2n) is 3.51. The zero-order chi connectivity index (χ0) is 11.3. The molecule has 1 aromatic heterocycles. The van der Waals surface area contributed by atoms with Gasteiger partial charge >= 0.3 is 0 Å². The lowest BCUT2D eigenvalue weighted by Gasteiger charge is -2.04. The molecule has 1 heterocycles. The van der Waals surface area contributed by atoms with E-state index in [9.17, 15) is 4.79 Å². The summed E-state index contributed by atoms with van der Waals surface area (Å²) in [6, 6.07) is -0.444. The normalized spacial score (nSPS) is 12.7. The number of hydrogen-bond donors (Lipinski definition) is 2. The van der Waals surface area contributed by atoms with Gasteiger partial charge in [-0.15, -0.1) is 5.10 Å². The van der Waals surface area contributed by atoms with E-state index in [1.165, 1.54) is 4.68 Å². The Labute approximate surface area is 88.6 Å². The molecule has 84 valence electrons. The first kappa shape index (κ1) is 11.6. The molecule has 0 bridgehead atoms. The van der Waals surface area contributed by atoms with Crippen LogP contribution in [0.4, 0.5) is 0 Å². The molecule has 0 aliphatic heterocycles. The number of nitrogens with two attached hydrogens (primary N) is 2. The topological polar surface area (TPSA) is 99.8 Å². The minimum atomic E-state index is -0.444. The highest BCUT2D eigenvalue weighted by atomic mass is 16.1. The highest BCUT2D eigenvalue weighted by Crippen LogP contribution is 2.05. The van der Waals surface area contributed by atoms with Gasteiger partial charge in [-0.3, -0.25) is 4.79 Å². The molecule has 0 saturated heterocycles. The first-order valence-electron chi connectivity index (χ1n) is 5.05. The Hall–Kier alpha value is -1.43. The lowest BCUT2D eigenvalue weighted by atomic mass is 10.2. The number of carbonyl (C=O) groups is 1. The van der Waals surface area contributed by atoms with Gasteiger partial charge in [0, 0.05) is 6.20 Å². The summed E-state index contributed by atoms with van der Waals surface area (Å²) in [5, 5.41) is 7.81. The van der Waals surface area contributed by atoms with Crippen LogP contribution in [0.25, 0.3) is 0 Å². The van der Waals surface area contributed by atoms with E-state index < -0.39 is 11.9 Å². The number of hydrogen-bond acceptors (Lipinski definition) is 4. The van der Waals surface area contributed by atoms with E-state index in [1.807, 2.05) is 0 Å². The number of amides is 1. The van der Waals surface area contributed by atoms with E-state index in [4.69, 9.17) is 11.5 Å². The van der Waals surface area contributed by atoms with E-state index in [0.29, 0.717) is 6.54 Å². The molecule has 1 aromatic rings. The molecular formula is C9H17N5O. The first-order chi connectivity index (χ1) is 7.15. The molecule has 0 aromatic carbocycles. The number of rotatable bonds is 6. The largest absolute Gasteiger partial charge is 0.368 e. The summed E-state index contributed by atoms with van der Waals surface area (Å²) < 4.78 is 1.49. The van der Waals surface area contributed by atoms with Gasteiger partial charge < -0.3 is 11.5 Å². The fourth-order valence-corrected chi connectivity index (χ4v) is 1.20. The van der Waals surface area contributed by atoms with Crippen molar-refractivity contribution >= 4 is 5.91 Å². The number of nitrogens with zero attached hydrogens (tertiary/aromatic N) is 3. The van der Waals surface area contributed by atoms with Crippen molar-refractivity contribution in [1.29, 1.82) is 0 Å². The van der Waals surface area contributed by atoms with Crippen LogP contribution in [0.3, 0.4) is 0 Å². The maximum Gasteiger partial charge on any atom is 0.242 e. The molecule has 0 saturated carbocycles. The molecule has 1 amide bonds. The molecule has 6 nitrogen and oxygen atoms in total. The maximum atomic E-state index is 10.9. The van der Waals surface area contributed by atoms with Crippen molar-refractivity contribution < 1.29 is 4.79 Å². The van der Waals surface area contributed by atoms with Crippen molar-refractivity contribution in [3.05, 3.63) is 11.9 Å². The summed E-state index contributed by atoms with van der Waals surface area (Å²) in [4.78, 5) is 10.9. The van der Waals surface area contributed by atoms with Crippen molar-refractivity contribution in [3.63, 3.8) is 0 Å². The minimum Gasteiger partial charge on any atom is -0.368 e. The van der Waals surface area contributed by atoms with Gasteiger partial charge in [0.05, 0.1) is 5.69 Å². The molecule has 0 radical (unpaired) electrons. The molecule has 1 unspecified atom stereocenters. The Morgan fingerprint density at radius 2 is 2.33 bits per heavy atom. The van der Waals surface area contributed by atoms with E-state index >= 15 is 0 Å². The Morgan fingerprint density at radius 3 is 2.93 bits per heavy atom. The molecular weight excluding hydrogens is 194 g/mol. The highest BCUT2D eigenvalue weighted by Gasteiger charge is 2.12. The third kappa shape index (κ3) is 3.32. The predicted molar refractivity (Wildman–Crippen MR) is 55.9 cm³/mol. The van der Waals surface area contributed by atoms with E-state index in [-0.39, 0.29) is 0 Å². The molecule has 0 aliphatic rings. The molecule has 1 atom stereocenters. The molecule has 4 N–H and O–H groups in total. The molecule has 0 fully saturated rings. The van der Waals surface area contributed by atoms with Crippen LogP contribution < -0.4 is 11.5 Å². The van der Waals surface area contributed by atoms with Crippen LogP contribution in [-0.2, 0) is 11.2 Å². The SMILES string of the molecule is CC(C(N)=O)n1cc(CCCCN)nn1. The van der Waals surface area contributed by atoms with Gasteiger partial charge in [-0.05, 0) is 32.7 Å². The average Bonchev–Trinajstić information content (AvgIpc) is 2.65. The van der Waals surface area contributed by atoms with Gasteiger partial charge in [-0.25, -0.2) is 4.68 Å². The first-order valence-corrected chi connectivity index (χ1v) is 5.05. The van der Waals surface area contributed by atoms with Gasteiger partial charge in [-0.2, -0.15) is 0 Å². The van der Waals surface area contributed by atoms with Crippen molar-refractivity contribution in [2.24, 2.45) is 11.5 Å². The van der Waals surface area contributed by atoms with Gasteiger partial charge in [-0.1, -0.05) is 5.21 Å². The van der Waals surface area contributed by atoms with Crippen molar-refractivity contribution in [1.82, 2.24) is 15.0 Å². The summed E-state index contributed by atoms with van der Waals surface area (Å²) in [5.41, 5.74) is 11.4. The fourth-order valence-electron chi connectivity index (χ4n) is 1.20. The van der Waals surface area contributed by atoms with Crippen LogP contribution in [0.1, 0.15) is 31.5 Å². The number of aromatic nitrogens is 3. The summed E-state index contributed by atoms with van der Waals surface area (Å²) >= 11 is 0. The standard InChI is InChI=1S/C9H17N5O/c1-7(9(11)15)14-6-8(12-13-14)4-2-3-5-10/h6-7H,2-5,10H2,1H3,(H2,11,15).